The van der Waals surface area contributed by atoms with Crippen molar-refractivity contribution >= 4 is 5.96 Å². The van der Waals surface area contributed by atoms with Gasteiger partial charge < -0.3 is 15.4 Å². The lowest BCUT2D eigenvalue weighted by molar-refractivity contribution is 0.0268. The number of ether oxygens (including phenoxy) is 1. The van der Waals surface area contributed by atoms with Crippen molar-refractivity contribution in [1.29, 1.82) is 0 Å². The normalized spacial score (nSPS) is 18.4. The topological polar surface area (TPSA) is 45.7 Å². The Morgan fingerprint density at radius 3 is 2.15 bits per heavy atom. The van der Waals surface area contributed by atoms with Crippen molar-refractivity contribution < 1.29 is 4.74 Å². The van der Waals surface area contributed by atoms with Crippen LogP contribution in [0.2, 0.25) is 0 Å². The van der Waals surface area contributed by atoms with Crippen molar-refractivity contribution in [2.24, 2.45) is 16.3 Å². The third-order valence-corrected chi connectivity index (χ3v) is 4.63. The van der Waals surface area contributed by atoms with Gasteiger partial charge in [-0.25, -0.2) is 0 Å². The maximum atomic E-state index is 5.41. The smallest absolute Gasteiger partial charge is 0.191 e. The number of nitrogens with zero attached hydrogens (tertiary/aromatic N) is 1. The van der Waals surface area contributed by atoms with Gasteiger partial charge in [-0.05, 0) is 38.0 Å². The lowest BCUT2D eigenvalue weighted by Gasteiger charge is -2.33. The Labute approximate surface area is 124 Å². The Morgan fingerprint density at radius 2 is 1.65 bits per heavy atom. The second-order valence-electron chi connectivity index (χ2n) is 7.21. The molecule has 1 aliphatic carbocycles. The molecule has 0 heterocycles. The van der Waals surface area contributed by atoms with Crippen LogP contribution in [-0.4, -0.2) is 38.8 Å². The number of guanidine groups is 1. The van der Waals surface area contributed by atoms with Crippen molar-refractivity contribution in [3.8, 4) is 0 Å². The van der Waals surface area contributed by atoms with Crippen LogP contribution in [-0.2, 0) is 4.74 Å². The highest BCUT2D eigenvalue weighted by Gasteiger charge is 2.31. The zero-order chi connectivity index (χ0) is 15.2. The zero-order valence-electron chi connectivity index (χ0n) is 14.2. The molecule has 1 aliphatic rings. The van der Waals surface area contributed by atoms with E-state index in [1.165, 1.54) is 25.7 Å². The van der Waals surface area contributed by atoms with Gasteiger partial charge in [-0.15, -0.1) is 0 Å². The van der Waals surface area contributed by atoms with E-state index in [1.54, 1.807) is 7.11 Å². The Balaban J connectivity index is 2.41. The Kier molecular flexibility index (Phi) is 6.31. The number of methoxy groups -OCH3 is 1. The van der Waals surface area contributed by atoms with E-state index >= 15 is 0 Å². The van der Waals surface area contributed by atoms with Crippen molar-refractivity contribution in [1.82, 2.24) is 10.6 Å². The van der Waals surface area contributed by atoms with E-state index < -0.39 is 0 Å². The predicted octanol–water partition coefficient (Wildman–Crippen LogP) is 2.79. The van der Waals surface area contributed by atoms with Crippen LogP contribution < -0.4 is 10.6 Å². The third-order valence-electron chi connectivity index (χ3n) is 4.63. The minimum absolute atomic E-state index is 0.182. The lowest BCUT2D eigenvalue weighted by atomic mass is 9.78. The van der Waals surface area contributed by atoms with Gasteiger partial charge in [-0.2, -0.15) is 0 Å². The fourth-order valence-electron chi connectivity index (χ4n) is 2.75. The highest BCUT2D eigenvalue weighted by Crippen LogP contribution is 2.38. The predicted molar refractivity (Wildman–Crippen MR) is 86.2 cm³/mol. The summed E-state index contributed by atoms with van der Waals surface area (Å²) in [5.74, 6) is 1.70. The van der Waals surface area contributed by atoms with Gasteiger partial charge in [0.2, 0.25) is 0 Å². The van der Waals surface area contributed by atoms with Crippen LogP contribution in [0.1, 0.15) is 53.4 Å². The monoisotopic (exact) mass is 283 g/mol. The van der Waals surface area contributed by atoms with Crippen LogP contribution in [0.5, 0.6) is 0 Å². The third kappa shape index (κ3) is 5.31. The highest BCUT2D eigenvalue weighted by molar-refractivity contribution is 5.79. The molecule has 0 unspecified atom stereocenters. The molecular formula is C16H33N3O. The molecular weight excluding hydrogens is 250 g/mol. The summed E-state index contributed by atoms with van der Waals surface area (Å²) in [4.78, 5) is 4.29. The lowest BCUT2D eigenvalue weighted by Crippen LogP contribution is -2.48. The second kappa shape index (κ2) is 7.30. The number of hydrogen-bond acceptors (Lipinski definition) is 2. The first-order valence-corrected chi connectivity index (χ1v) is 7.80. The minimum Gasteiger partial charge on any atom is -0.377 e. The van der Waals surface area contributed by atoms with E-state index in [2.05, 4.69) is 43.3 Å². The van der Waals surface area contributed by atoms with E-state index in [4.69, 9.17) is 4.74 Å². The standard InChI is InChI=1S/C16H33N3O/c1-15(2,13-9-7-8-10-13)11-18-14(17-5)19-12-16(3,4)20-6/h13H,7-12H2,1-6H3,(H2,17,18,19). The summed E-state index contributed by atoms with van der Waals surface area (Å²) in [5.41, 5.74) is 0.142. The number of rotatable bonds is 6. The summed E-state index contributed by atoms with van der Waals surface area (Å²) in [5, 5.41) is 6.80. The highest BCUT2D eigenvalue weighted by atomic mass is 16.5. The van der Waals surface area contributed by atoms with Crippen molar-refractivity contribution in [3.05, 3.63) is 0 Å². The first kappa shape index (κ1) is 17.3. The zero-order valence-corrected chi connectivity index (χ0v) is 14.2. The van der Waals surface area contributed by atoms with E-state index in [0.29, 0.717) is 5.41 Å². The molecule has 1 rings (SSSR count). The fourth-order valence-corrected chi connectivity index (χ4v) is 2.75. The van der Waals surface area contributed by atoms with Gasteiger partial charge in [0, 0.05) is 27.2 Å². The van der Waals surface area contributed by atoms with E-state index in [0.717, 1.165) is 25.0 Å². The summed E-state index contributed by atoms with van der Waals surface area (Å²) in [7, 11) is 3.55. The van der Waals surface area contributed by atoms with Crippen molar-refractivity contribution in [2.45, 2.75) is 59.0 Å². The molecule has 118 valence electrons. The Morgan fingerprint density at radius 1 is 1.10 bits per heavy atom. The molecule has 4 heteroatoms. The van der Waals surface area contributed by atoms with E-state index in [1.807, 2.05) is 7.05 Å². The first-order valence-electron chi connectivity index (χ1n) is 7.80. The number of nitrogens with one attached hydrogen (secondary N) is 2. The number of aliphatic imine (C=N–C) groups is 1. The van der Waals surface area contributed by atoms with Gasteiger partial charge in [0.15, 0.2) is 5.96 Å². The summed E-state index contributed by atoms with van der Waals surface area (Å²) < 4.78 is 5.41. The molecule has 0 saturated heterocycles. The molecule has 4 nitrogen and oxygen atoms in total. The minimum atomic E-state index is -0.182. The summed E-state index contributed by atoms with van der Waals surface area (Å²) in [6.07, 6.45) is 5.53. The molecule has 1 saturated carbocycles. The molecule has 1 fully saturated rings. The summed E-state index contributed by atoms with van der Waals surface area (Å²) in [6, 6.07) is 0. The molecule has 0 aromatic heterocycles. The van der Waals surface area contributed by atoms with E-state index in [9.17, 15) is 0 Å². The summed E-state index contributed by atoms with van der Waals surface area (Å²) in [6.45, 7) is 10.6. The Bertz CT molecular complexity index is 318. The van der Waals surface area contributed by atoms with Gasteiger partial charge in [-0.1, -0.05) is 26.7 Å². The largest absolute Gasteiger partial charge is 0.377 e. The molecule has 0 radical (unpaired) electrons. The molecule has 0 aromatic carbocycles. The van der Waals surface area contributed by atoms with Crippen LogP contribution in [0.15, 0.2) is 4.99 Å². The van der Waals surface area contributed by atoms with Crippen LogP contribution in [0.25, 0.3) is 0 Å². The summed E-state index contributed by atoms with van der Waals surface area (Å²) >= 11 is 0. The van der Waals surface area contributed by atoms with Gasteiger partial charge in [-0.3, -0.25) is 4.99 Å². The molecule has 0 amide bonds. The molecule has 0 aromatic rings. The maximum absolute atomic E-state index is 5.41. The molecule has 0 bridgehead atoms. The molecule has 0 aliphatic heterocycles. The Hall–Kier alpha value is -0.770. The van der Waals surface area contributed by atoms with Gasteiger partial charge in [0.05, 0.1) is 5.60 Å². The second-order valence-corrected chi connectivity index (χ2v) is 7.21. The average Bonchev–Trinajstić information content (AvgIpc) is 2.93. The molecule has 0 atom stereocenters. The van der Waals surface area contributed by atoms with Crippen LogP contribution in [0, 0.1) is 11.3 Å². The fraction of sp³-hybridized carbons (Fsp3) is 0.938. The number of hydrogen-bond donors (Lipinski definition) is 2. The molecule has 0 spiro atoms. The van der Waals surface area contributed by atoms with Gasteiger partial charge in [0.1, 0.15) is 0 Å². The van der Waals surface area contributed by atoms with E-state index in [-0.39, 0.29) is 5.60 Å². The van der Waals surface area contributed by atoms with Crippen LogP contribution in [0.4, 0.5) is 0 Å². The van der Waals surface area contributed by atoms with Crippen molar-refractivity contribution in [3.63, 3.8) is 0 Å². The van der Waals surface area contributed by atoms with Crippen LogP contribution >= 0.6 is 0 Å². The quantitative estimate of drug-likeness (QED) is 0.582. The van der Waals surface area contributed by atoms with Crippen molar-refractivity contribution in [2.75, 3.05) is 27.2 Å². The maximum Gasteiger partial charge on any atom is 0.191 e. The van der Waals surface area contributed by atoms with Gasteiger partial charge >= 0.3 is 0 Å². The molecule has 20 heavy (non-hydrogen) atoms. The average molecular weight is 283 g/mol. The first-order chi connectivity index (χ1) is 9.30. The van der Waals surface area contributed by atoms with Gasteiger partial charge in [0.25, 0.3) is 0 Å². The SMILES string of the molecule is CN=C(NCC(C)(C)OC)NCC(C)(C)C1CCCC1. The molecule has 2 N–H and O–H groups in total. The van der Waals surface area contributed by atoms with Crippen LogP contribution in [0.3, 0.4) is 0 Å².